The van der Waals surface area contributed by atoms with Gasteiger partial charge in [0.2, 0.25) is 0 Å². The van der Waals surface area contributed by atoms with Gasteiger partial charge in [0.05, 0.1) is 5.56 Å². The minimum absolute atomic E-state index is 0.212. The molecule has 2 aromatic rings. The SMILES string of the molecule is O=C(O)c1ccc2cc([18F])ccc2c1. The molecular formula is C11H7FO2. The van der Waals surface area contributed by atoms with Crippen molar-refractivity contribution in [2.24, 2.45) is 0 Å². The van der Waals surface area contributed by atoms with E-state index in [1.807, 2.05) is 0 Å². The van der Waals surface area contributed by atoms with Gasteiger partial charge in [0, 0.05) is 0 Å². The first kappa shape index (κ1) is 8.69. The van der Waals surface area contributed by atoms with Crippen molar-refractivity contribution in [3.63, 3.8) is 0 Å². The third-order valence-electron chi connectivity index (χ3n) is 2.05. The number of fused-ring (bicyclic) bond motifs is 1. The Hall–Kier alpha value is -1.90. The molecule has 0 saturated heterocycles. The van der Waals surface area contributed by atoms with Crippen LogP contribution in [0.4, 0.5) is 4.39 Å². The highest BCUT2D eigenvalue weighted by Gasteiger charge is 2.03. The molecule has 2 rings (SSSR count). The normalized spacial score (nSPS) is 10.4. The van der Waals surface area contributed by atoms with Crippen molar-refractivity contribution in [2.75, 3.05) is 0 Å². The molecule has 2 aromatic carbocycles. The molecule has 0 heterocycles. The first-order chi connectivity index (χ1) is 6.66. The van der Waals surface area contributed by atoms with E-state index in [2.05, 4.69) is 0 Å². The van der Waals surface area contributed by atoms with E-state index in [1.54, 1.807) is 12.1 Å². The number of carboxylic acids is 1. The topological polar surface area (TPSA) is 37.3 Å². The van der Waals surface area contributed by atoms with Crippen LogP contribution in [-0.2, 0) is 0 Å². The number of benzene rings is 2. The average molecular weight is 189 g/mol. The molecule has 0 spiro atoms. The Morgan fingerprint density at radius 3 is 2.43 bits per heavy atom. The summed E-state index contributed by atoms with van der Waals surface area (Å²) in [5.74, 6) is -1.29. The van der Waals surface area contributed by atoms with E-state index in [1.165, 1.54) is 24.3 Å². The van der Waals surface area contributed by atoms with Crippen LogP contribution in [0.3, 0.4) is 0 Å². The van der Waals surface area contributed by atoms with Crippen molar-refractivity contribution in [2.45, 2.75) is 0 Å². The molecular weight excluding hydrogens is 182 g/mol. The highest BCUT2D eigenvalue weighted by Crippen LogP contribution is 2.17. The fraction of sp³-hybridized carbons (Fsp3) is 0. The zero-order chi connectivity index (χ0) is 10.1. The summed E-state index contributed by atoms with van der Waals surface area (Å²) in [6.07, 6.45) is 0. The molecule has 0 aromatic heterocycles. The van der Waals surface area contributed by atoms with Gasteiger partial charge in [-0.1, -0.05) is 12.1 Å². The van der Waals surface area contributed by atoms with Crippen LogP contribution < -0.4 is 0 Å². The van der Waals surface area contributed by atoms with Crippen LogP contribution in [0.1, 0.15) is 10.4 Å². The van der Waals surface area contributed by atoms with Gasteiger partial charge in [-0.25, -0.2) is 9.18 Å². The van der Waals surface area contributed by atoms with E-state index in [4.69, 9.17) is 5.11 Å². The maximum absolute atomic E-state index is 12.8. The van der Waals surface area contributed by atoms with Gasteiger partial charge in [0.1, 0.15) is 5.82 Å². The van der Waals surface area contributed by atoms with Gasteiger partial charge >= 0.3 is 5.97 Å². The van der Waals surface area contributed by atoms with Crippen LogP contribution in [0.15, 0.2) is 36.4 Å². The Morgan fingerprint density at radius 1 is 1.07 bits per heavy atom. The number of halogens is 1. The van der Waals surface area contributed by atoms with Gasteiger partial charge in [-0.15, -0.1) is 0 Å². The predicted molar refractivity (Wildman–Crippen MR) is 50.9 cm³/mol. The molecule has 0 aliphatic heterocycles. The second-order valence-corrected chi connectivity index (χ2v) is 3.01. The molecule has 3 heteroatoms. The van der Waals surface area contributed by atoms with Crippen molar-refractivity contribution >= 4 is 16.7 Å². The number of carboxylic acid groups (broad SMARTS) is 1. The maximum Gasteiger partial charge on any atom is 0.335 e. The fourth-order valence-electron chi connectivity index (χ4n) is 1.35. The van der Waals surface area contributed by atoms with Gasteiger partial charge in [-0.3, -0.25) is 0 Å². The number of carbonyl (C=O) groups is 1. The van der Waals surface area contributed by atoms with Crippen LogP contribution >= 0.6 is 0 Å². The molecule has 0 fully saturated rings. The summed E-state index contributed by atoms with van der Waals surface area (Å²) >= 11 is 0. The minimum Gasteiger partial charge on any atom is -0.478 e. The number of hydrogen-bond acceptors (Lipinski definition) is 1. The van der Waals surface area contributed by atoms with Crippen LogP contribution in [-0.4, -0.2) is 11.1 Å². The molecule has 2 nitrogen and oxygen atoms in total. The average Bonchev–Trinajstić information content (AvgIpc) is 2.16. The third kappa shape index (κ3) is 1.44. The molecule has 0 saturated carbocycles. The highest BCUT2D eigenvalue weighted by molar-refractivity contribution is 5.94. The van der Waals surface area contributed by atoms with E-state index in [0.29, 0.717) is 5.39 Å². The molecule has 0 bridgehead atoms. The Labute approximate surface area is 79.6 Å². The second kappa shape index (κ2) is 3.10. The van der Waals surface area contributed by atoms with Crippen LogP contribution in [0.25, 0.3) is 10.8 Å². The van der Waals surface area contributed by atoms with E-state index < -0.39 is 5.97 Å². The molecule has 0 radical (unpaired) electrons. The summed E-state index contributed by atoms with van der Waals surface area (Å²) in [4.78, 5) is 10.6. The Morgan fingerprint density at radius 2 is 1.71 bits per heavy atom. The molecule has 0 aliphatic rings. The molecule has 0 unspecified atom stereocenters. The Kier molecular flexibility index (Phi) is 1.93. The van der Waals surface area contributed by atoms with Crippen LogP contribution in [0.5, 0.6) is 0 Å². The van der Waals surface area contributed by atoms with Gasteiger partial charge in [0.15, 0.2) is 0 Å². The lowest BCUT2D eigenvalue weighted by Gasteiger charge is -1.99. The molecule has 14 heavy (non-hydrogen) atoms. The third-order valence-corrected chi connectivity index (χ3v) is 2.05. The second-order valence-electron chi connectivity index (χ2n) is 3.01. The van der Waals surface area contributed by atoms with Gasteiger partial charge in [0.25, 0.3) is 0 Å². The quantitative estimate of drug-likeness (QED) is 0.748. The van der Waals surface area contributed by atoms with Gasteiger partial charge < -0.3 is 5.11 Å². The largest absolute Gasteiger partial charge is 0.478 e. The van der Waals surface area contributed by atoms with Gasteiger partial charge in [-0.2, -0.15) is 0 Å². The number of hydrogen-bond donors (Lipinski definition) is 1. The van der Waals surface area contributed by atoms with Crippen LogP contribution in [0, 0.1) is 5.82 Å². The van der Waals surface area contributed by atoms with E-state index in [9.17, 15) is 9.18 Å². The Bertz CT molecular complexity index is 506. The first-order valence-electron chi connectivity index (χ1n) is 4.09. The van der Waals surface area contributed by atoms with Crippen molar-refractivity contribution in [1.29, 1.82) is 0 Å². The minimum atomic E-state index is -0.976. The smallest absolute Gasteiger partial charge is 0.335 e. The monoisotopic (exact) mass is 189 g/mol. The van der Waals surface area contributed by atoms with Crippen molar-refractivity contribution in [3.8, 4) is 0 Å². The van der Waals surface area contributed by atoms with Crippen molar-refractivity contribution in [3.05, 3.63) is 47.8 Å². The lowest BCUT2D eigenvalue weighted by atomic mass is 10.1. The molecule has 70 valence electrons. The molecule has 0 amide bonds. The van der Waals surface area contributed by atoms with Crippen molar-refractivity contribution < 1.29 is 14.3 Å². The standard InChI is InChI=1S/C11H7FO2/c12-10-4-3-7-5-9(11(13)14)2-1-8(7)6-10/h1-6H,(H,13,14)/i12-1. The molecule has 0 aliphatic carbocycles. The van der Waals surface area contributed by atoms with E-state index in [-0.39, 0.29) is 11.4 Å². The summed E-state index contributed by atoms with van der Waals surface area (Å²) in [6.45, 7) is 0. The maximum atomic E-state index is 12.8. The fourth-order valence-corrected chi connectivity index (χ4v) is 1.35. The summed E-state index contributed by atoms with van der Waals surface area (Å²) in [7, 11) is 0. The lowest BCUT2D eigenvalue weighted by molar-refractivity contribution is 0.0697. The molecule has 1 N–H and O–H groups in total. The first-order valence-corrected chi connectivity index (χ1v) is 4.09. The Balaban J connectivity index is 2.67. The highest BCUT2D eigenvalue weighted by atomic mass is 18.2. The zero-order valence-electron chi connectivity index (χ0n) is 7.20. The van der Waals surface area contributed by atoms with Crippen LogP contribution in [0.2, 0.25) is 0 Å². The number of aromatic carboxylic acids is 1. The lowest BCUT2D eigenvalue weighted by Crippen LogP contribution is -1.95. The predicted octanol–water partition coefficient (Wildman–Crippen LogP) is 2.68. The van der Waals surface area contributed by atoms with E-state index in [0.717, 1.165) is 5.39 Å². The van der Waals surface area contributed by atoms with E-state index >= 15 is 0 Å². The number of rotatable bonds is 1. The summed E-state index contributed by atoms with van der Waals surface area (Å²) in [5, 5.41) is 10.2. The summed E-state index contributed by atoms with van der Waals surface area (Å²) in [5.41, 5.74) is 0.212. The van der Waals surface area contributed by atoms with Gasteiger partial charge in [-0.05, 0) is 35.0 Å². The zero-order valence-corrected chi connectivity index (χ0v) is 7.20. The summed E-state index contributed by atoms with van der Waals surface area (Å²) in [6, 6.07) is 8.84. The molecule has 0 atom stereocenters. The van der Waals surface area contributed by atoms with Crippen molar-refractivity contribution in [1.82, 2.24) is 0 Å². The summed E-state index contributed by atoms with van der Waals surface area (Å²) < 4.78 is 12.8.